The van der Waals surface area contributed by atoms with Crippen LogP contribution in [0.3, 0.4) is 0 Å². The third kappa shape index (κ3) is 4.63. The highest BCUT2D eigenvalue weighted by Gasteiger charge is 2.61. The fourth-order valence-corrected chi connectivity index (χ4v) is 3.75. The Labute approximate surface area is 179 Å². The lowest BCUT2D eigenvalue weighted by molar-refractivity contribution is -0.360. The van der Waals surface area contributed by atoms with Crippen molar-refractivity contribution >= 4 is 22.3 Å². The van der Waals surface area contributed by atoms with Crippen LogP contribution in [0.4, 0.5) is 33.3 Å². The molecular formula is C22H20F5N3O2. The van der Waals surface area contributed by atoms with E-state index < -0.39 is 18.0 Å². The molecule has 3 aromatic rings. The van der Waals surface area contributed by atoms with Gasteiger partial charge in [0.25, 0.3) is 0 Å². The van der Waals surface area contributed by atoms with Crippen LogP contribution in [-0.2, 0) is 0 Å². The number of hydrogen-bond acceptors (Lipinski definition) is 4. The number of benzene rings is 2. The summed E-state index contributed by atoms with van der Waals surface area (Å²) in [5.41, 5.74) is 2.17. The van der Waals surface area contributed by atoms with Gasteiger partial charge in [0.1, 0.15) is 5.75 Å². The van der Waals surface area contributed by atoms with Gasteiger partial charge in [0.05, 0.1) is 11.2 Å². The largest absolute Gasteiger partial charge is 0.499 e. The number of alkyl halides is 5. The van der Waals surface area contributed by atoms with E-state index in [1.165, 1.54) is 18.2 Å². The highest BCUT2D eigenvalue weighted by atomic mass is 19.4. The molecule has 1 aliphatic heterocycles. The maximum atomic E-state index is 13.0. The molecule has 5 nitrogen and oxygen atoms in total. The molecule has 0 unspecified atom stereocenters. The summed E-state index contributed by atoms with van der Waals surface area (Å²) in [7, 11) is 0. The molecule has 0 amide bonds. The maximum absolute atomic E-state index is 13.0. The molecule has 2 heterocycles. The Morgan fingerprint density at radius 3 is 2.28 bits per heavy atom. The smallest absolute Gasteiger partial charge is 0.426 e. The Hall–Kier alpha value is -3.30. The van der Waals surface area contributed by atoms with Crippen LogP contribution in [0.1, 0.15) is 12.8 Å². The standard InChI is InChI=1S/C22H20F5N3O2/c23-21(24,25)22(26,27)32-17-7-5-15(6-8-17)28-16-10-12-30(13-11-16)18-3-1-2-14-4-9-19(31)29-20(14)18/h1-9,16,28H,10-13H2,(H,29,31). The van der Waals surface area contributed by atoms with Crippen LogP contribution in [0.25, 0.3) is 10.9 Å². The monoisotopic (exact) mass is 453 g/mol. The van der Waals surface area contributed by atoms with Crippen molar-refractivity contribution in [2.45, 2.75) is 31.2 Å². The van der Waals surface area contributed by atoms with E-state index in [2.05, 4.69) is 19.9 Å². The van der Waals surface area contributed by atoms with Crippen molar-refractivity contribution in [2.75, 3.05) is 23.3 Å². The first-order valence-corrected chi connectivity index (χ1v) is 9.99. The zero-order chi connectivity index (χ0) is 22.9. The molecule has 2 N–H and O–H groups in total. The van der Waals surface area contributed by atoms with Gasteiger partial charge in [-0.1, -0.05) is 12.1 Å². The molecule has 0 bridgehead atoms. The van der Waals surface area contributed by atoms with Crippen molar-refractivity contribution in [3.05, 3.63) is 65.0 Å². The summed E-state index contributed by atoms with van der Waals surface area (Å²) in [6.45, 7) is 1.46. The van der Waals surface area contributed by atoms with Crippen LogP contribution >= 0.6 is 0 Å². The van der Waals surface area contributed by atoms with Gasteiger partial charge in [0, 0.05) is 36.3 Å². The fraction of sp³-hybridized carbons (Fsp3) is 0.318. The van der Waals surface area contributed by atoms with Crippen molar-refractivity contribution in [1.29, 1.82) is 0 Å². The number of halogens is 5. The van der Waals surface area contributed by atoms with E-state index in [1.807, 2.05) is 18.2 Å². The number of rotatable bonds is 5. The Balaban J connectivity index is 1.37. The third-order valence-electron chi connectivity index (χ3n) is 5.37. The topological polar surface area (TPSA) is 57.4 Å². The van der Waals surface area contributed by atoms with Crippen molar-refractivity contribution in [3.63, 3.8) is 0 Å². The Morgan fingerprint density at radius 2 is 1.62 bits per heavy atom. The number of hydrogen-bond donors (Lipinski definition) is 2. The number of ether oxygens (including phenoxy) is 1. The number of anilines is 2. The molecule has 1 saturated heterocycles. The number of aromatic nitrogens is 1. The van der Waals surface area contributed by atoms with Crippen molar-refractivity contribution in [1.82, 2.24) is 4.98 Å². The number of pyridine rings is 1. The molecule has 0 saturated carbocycles. The third-order valence-corrected chi connectivity index (χ3v) is 5.37. The lowest BCUT2D eigenvalue weighted by Gasteiger charge is -2.35. The predicted octanol–water partition coefficient (Wildman–Crippen LogP) is 5.14. The zero-order valence-corrected chi connectivity index (χ0v) is 16.8. The lowest BCUT2D eigenvalue weighted by Crippen LogP contribution is -2.41. The van der Waals surface area contributed by atoms with E-state index in [9.17, 15) is 26.7 Å². The maximum Gasteiger partial charge on any atom is 0.499 e. The first kappa shape index (κ1) is 21.9. The summed E-state index contributed by atoms with van der Waals surface area (Å²) < 4.78 is 66.6. The average Bonchev–Trinajstić information content (AvgIpc) is 2.74. The number of nitrogens with zero attached hydrogens (tertiary/aromatic N) is 1. The highest BCUT2D eigenvalue weighted by molar-refractivity contribution is 5.90. The first-order valence-electron chi connectivity index (χ1n) is 9.99. The number of aromatic amines is 1. The van der Waals surface area contributed by atoms with E-state index in [4.69, 9.17) is 0 Å². The van der Waals surface area contributed by atoms with Crippen molar-refractivity contribution in [3.8, 4) is 5.75 Å². The number of H-pyrrole nitrogens is 1. The second-order valence-corrected chi connectivity index (χ2v) is 7.61. The molecule has 0 spiro atoms. The van der Waals surface area contributed by atoms with Gasteiger partial charge in [-0.05, 0) is 49.2 Å². The van der Waals surface area contributed by atoms with Crippen LogP contribution in [0, 0.1) is 0 Å². The summed E-state index contributed by atoms with van der Waals surface area (Å²) in [6.07, 6.45) is -9.48. The molecule has 2 aromatic carbocycles. The van der Waals surface area contributed by atoms with Crippen LogP contribution < -0.4 is 20.5 Å². The number of piperidine rings is 1. The summed E-state index contributed by atoms with van der Waals surface area (Å²) in [6, 6.07) is 14.2. The molecule has 4 rings (SSSR count). The second-order valence-electron chi connectivity index (χ2n) is 7.61. The van der Waals surface area contributed by atoms with E-state index >= 15 is 0 Å². The van der Waals surface area contributed by atoms with Crippen LogP contribution in [0.2, 0.25) is 0 Å². The van der Waals surface area contributed by atoms with Gasteiger partial charge in [-0.25, -0.2) is 0 Å². The normalized spacial score (nSPS) is 15.7. The molecule has 0 atom stereocenters. The van der Waals surface area contributed by atoms with Gasteiger partial charge in [-0.2, -0.15) is 22.0 Å². The quantitative estimate of drug-likeness (QED) is 0.525. The van der Waals surface area contributed by atoms with Crippen LogP contribution in [0.5, 0.6) is 5.75 Å². The Morgan fingerprint density at radius 1 is 0.938 bits per heavy atom. The molecule has 32 heavy (non-hydrogen) atoms. The van der Waals surface area contributed by atoms with E-state index in [-0.39, 0.29) is 11.6 Å². The molecule has 170 valence electrons. The molecule has 10 heteroatoms. The molecule has 1 aliphatic rings. The minimum Gasteiger partial charge on any atom is -0.426 e. The van der Waals surface area contributed by atoms with E-state index in [0.717, 1.165) is 54.7 Å². The first-order chi connectivity index (χ1) is 15.1. The van der Waals surface area contributed by atoms with Gasteiger partial charge in [-0.15, -0.1) is 0 Å². The predicted molar refractivity (Wildman–Crippen MR) is 111 cm³/mol. The zero-order valence-electron chi connectivity index (χ0n) is 16.8. The summed E-state index contributed by atoms with van der Waals surface area (Å²) in [5.74, 6) is -0.572. The highest BCUT2D eigenvalue weighted by Crippen LogP contribution is 2.37. The summed E-state index contributed by atoms with van der Waals surface area (Å²) in [5, 5.41) is 4.21. The number of para-hydroxylation sites is 1. The molecule has 1 fully saturated rings. The fourth-order valence-electron chi connectivity index (χ4n) is 3.75. The Kier molecular flexibility index (Phi) is 5.70. The number of nitrogens with one attached hydrogen (secondary N) is 2. The minimum absolute atomic E-state index is 0.101. The molecule has 0 aliphatic carbocycles. The van der Waals surface area contributed by atoms with Gasteiger partial charge >= 0.3 is 12.3 Å². The summed E-state index contributed by atoms with van der Waals surface area (Å²) >= 11 is 0. The molecular weight excluding hydrogens is 433 g/mol. The van der Waals surface area contributed by atoms with Gasteiger partial charge in [0.2, 0.25) is 5.56 Å². The SMILES string of the molecule is O=c1ccc2cccc(N3CCC(Nc4ccc(OC(F)(F)C(F)(F)F)cc4)CC3)c2[nH]1. The molecule has 0 radical (unpaired) electrons. The lowest BCUT2D eigenvalue weighted by atomic mass is 10.0. The van der Waals surface area contributed by atoms with E-state index in [1.54, 1.807) is 6.07 Å². The summed E-state index contributed by atoms with van der Waals surface area (Å²) in [4.78, 5) is 16.8. The second kappa shape index (κ2) is 8.33. The Bertz CT molecular complexity index is 1140. The van der Waals surface area contributed by atoms with Gasteiger partial charge < -0.3 is 19.9 Å². The van der Waals surface area contributed by atoms with Gasteiger partial charge in [0.15, 0.2) is 0 Å². The minimum atomic E-state index is -5.78. The van der Waals surface area contributed by atoms with Gasteiger partial charge in [-0.3, -0.25) is 4.79 Å². The number of fused-ring (bicyclic) bond motifs is 1. The van der Waals surface area contributed by atoms with Crippen molar-refractivity contribution < 1.29 is 26.7 Å². The van der Waals surface area contributed by atoms with Crippen LogP contribution in [0.15, 0.2) is 59.4 Å². The van der Waals surface area contributed by atoms with Crippen molar-refractivity contribution in [2.24, 2.45) is 0 Å². The molecule has 1 aromatic heterocycles. The average molecular weight is 453 g/mol. The van der Waals surface area contributed by atoms with Crippen LogP contribution in [-0.4, -0.2) is 36.4 Å². The van der Waals surface area contributed by atoms with E-state index in [0.29, 0.717) is 5.69 Å².